The smallest absolute Gasteiger partial charge is 0.341 e. The average molecular weight is 383 g/mol. The van der Waals surface area contributed by atoms with Gasteiger partial charge < -0.3 is 19.7 Å². The molecule has 27 heavy (non-hydrogen) atoms. The first-order chi connectivity index (χ1) is 12.6. The molecule has 7 nitrogen and oxygen atoms in total. The van der Waals surface area contributed by atoms with Crippen LogP contribution >= 0.6 is 0 Å². The maximum absolute atomic E-state index is 12.4. The van der Waals surface area contributed by atoms with Crippen LogP contribution in [-0.2, 0) is 19.1 Å². The zero-order chi connectivity index (χ0) is 20.4. The van der Waals surface area contributed by atoms with E-state index in [-0.39, 0.29) is 30.6 Å². The average Bonchev–Trinajstić information content (AvgIpc) is 3.20. The molecular formula is C20H33NO6. The molecule has 154 valence electrons. The molecule has 0 amide bonds. The summed E-state index contributed by atoms with van der Waals surface area (Å²) in [4.78, 5) is 26.8. The van der Waals surface area contributed by atoms with E-state index >= 15 is 0 Å². The second-order valence-corrected chi connectivity index (χ2v) is 8.03. The summed E-state index contributed by atoms with van der Waals surface area (Å²) in [7, 11) is 0. The first-order valence-corrected chi connectivity index (χ1v) is 9.78. The van der Waals surface area contributed by atoms with Crippen LogP contribution in [0.5, 0.6) is 0 Å². The molecule has 2 saturated heterocycles. The standard InChI is InChI=1S/C20H33NO6/c1-6-13(4)18(23)27-16-8-10-21-9-7-15(17(16)21)11-26-19(24)20(25,12(2)3)14(5)22/h6,12,14-17,22,25H,7-11H2,1-5H3/b13-6+. The minimum atomic E-state index is -1.93. The SMILES string of the molecule is C/C=C(\C)C(=O)OC1CCN2CCC(COC(=O)C(O)(C(C)C)C(C)O)C12. The van der Waals surface area contributed by atoms with Gasteiger partial charge in [0.25, 0.3) is 0 Å². The van der Waals surface area contributed by atoms with Gasteiger partial charge in [0.15, 0.2) is 5.60 Å². The highest BCUT2D eigenvalue weighted by molar-refractivity contribution is 5.87. The molecule has 0 aromatic heterocycles. The highest BCUT2D eigenvalue weighted by atomic mass is 16.6. The van der Waals surface area contributed by atoms with Crippen molar-refractivity contribution in [2.45, 2.75) is 71.3 Å². The monoisotopic (exact) mass is 383 g/mol. The Bertz CT molecular complexity index is 577. The van der Waals surface area contributed by atoms with Gasteiger partial charge in [0.2, 0.25) is 0 Å². The van der Waals surface area contributed by atoms with Gasteiger partial charge in [-0.25, -0.2) is 9.59 Å². The molecule has 0 aliphatic carbocycles. The molecule has 7 heteroatoms. The maximum atomic E-state index is 12.4. The first-order valence-electron chi connectivity index (χ1n) is 9.78. The fourth-order valence-corrected chi connectivity index (χ4v) is 4.06. The lowest BCUT2D eigenvalue weighted by Gasteiger charge is -2.33. The molecule has 0 radical (unpaired) electrons. The van der Waals surface area contributed by atoms with Gasteiger partial charge in [0.05, 0.1) is 18.8 Å². The summed E-state index contributed by atoms with van der Waals surface area (Å²) in [5.74, 6) is -1.56. The summed E-state index contributed by atoms with van der Waals surface area (Å²) in [6, 6.07) is 0.0186. The van der Waals surface area contributed by atoms with Crippen molar-refractivity contribution in [2.75, 3.05) is 19.7 Å². The third-order valence-electron chi connectivity index (χ3n) is 6.06. The number of aliphatic hydroxyl groups excluding tert-OH is 1. The van der Waals surface area contributed by atoms with Crippen molar-refractivity contribution in [1.82, 2.24) is 4.90 Å². The number of hydrogen-bond donors (Lipinski definition) is 2. The maximum Gasteiger partial charge on any atom is 0.341 e. The van der Waals surface area contributed by atoms with E-state index in [0.717, 1.165) is 25.9 Å². The second kappa shape index (κ2) is 8.71. The van der Waals surface area contributed by atoms with Crippen LogP contribution in [0.3, 0.4) is 0 Å². The zero-order valence-corrected chi connectivity index (χ0v) is 17.0. The lowest BCUT2D eigenvalue weighted by Crippen LogP contribution is -2.53. The van der Waals surface area contributed by atoms with E-state index in [4.69, 9.17) is 9.47 Å². The number of carbonyl (C=O) groups excluding carboxylic acids is 2. The minimum absolute atomic E-state index is 0.0186. The number of rotatable bonds is 7. The van der Waals surface area contributed by atoms with E-state index in [1.807, 2.05) is 0 Å². The summed E-state index contributed by atoms with van der Waals surface area (Å²) in [6.45, 7) is 10.1. The molecular weight excluding hydrogens is 350 g/mol. The third kappa shape index (κ3) is 4.36. The number of aliphatic hydroxyl groups is 2. The Hall–Kier alpha value is -1.44. The van der Waals surface area contributed by atoms with Crippen molar-refractivity contribution in [3.05, 3.63) is 11.6 Å². The highest BCUT2D eigenvalue weighted by Crippen LogP contribution is 2.35. The largest absolute Gasteiger partial charge is 0.463 e. The van der Waals surface area contributed by atoms with E-state index in [1.54, 1.807) is 33.8 Å². The Labute approximate surface area is 161 Å². The Morgan fingerprint density at radius 3 is 2.44 bits per heavy atom. The number of esters is 2. The molecule has 2 heterocycles. The van der Waals surface area contributed by atoms with Crippen LogP contribution in [0, 0.1) is 11.8 Å². The molecule has 0 aromatic carbocycles. The Kier molecular flexibility index (Phi) is 7.05. The van der Waals surface area contributed by atoms with Crippen molar-refractivity contribution in [2.24, 2.45) is 11.8 Å². The van der Waals surface area contributed by atoms with Crippen LogP contribution in [0.1, 0.15) is 47.5 Å². The van der Waals surface area contributed by atoms with E-state index in [9.17, 15) is 19.8 Å². The van der Waals surface area contributed by atoms with Gasteiger partial charge >= 0.3 is 11.9 Å². The molecule has 2 N–H and O–H groups in total. The topological polar surface area (TPSA) is 96.3 Å². The number of hydrogen-bond acceptors (Lipinski definition) is 7. The van der Waals surface area contributed by atoms with Crippen molar-refractivity contribution < 1.29 is 29.3 Å². The second-order valence-electron chi connectivity index (χ2n) is 8.03. The van der Waals surface area contributed by atoms with Gasteiger partial charge in [-0.2, -0.15) is 0 Å². The van der Waals surface area contributed by atoms with Gasteiger partial charge in [0, 0.05) is 18.0 Å². The summed E-state index contributed by atoms with van der Waals surface area (Å²) < 4.78 is 11.1. The van der Waals surface area contributed by atoms with E-state index in [2.05, 4.69) is 4.90 Å². The van der Waals surface area contributed by atoms with Crippen LogP contribution in [0.2, 0.25) is 0 Å². The van der Waals surface area contributed by atoms with Crippen molar-refractivity contribution in [3.8, 4) is 0 Å². The molecule has 5 unspecified atom stereocenters. The molecule has 0 bridgehead atoms. The Balaban J connectivity index is 2.00. The van der Waals surface area contributed by atoms with Crippen molar-refractivity contribution in [3.63, 3.8) is 0 Å². The zero-order valence-electron chi connectivity index (χ0n) is 17.0. The first kappa shape index (κ1) is 21.9. The lowest BCUT2D eigenvalue weighted by atomic mass is 9.85. The number of carbonyl (C=O) groups is 2. The number of allylic oxidation sites excluding steroid dienone is 1. The van der Waals surface area contributed by atoms with Crippen molar-refractivity contribution >= 4 is 11.9 Å². The Morgan fingerprint density at radius 1 is 1.26 bits per heavy atom. The summed E-state index contributed by atoms with van der Waals surface area (Å²) in [6.07, 6.45) is 1.88. The molecule has 0 aromatic rings. The van der Waals surface area contributed by atoms with Gasteiger partial charge in [-0.1, -0.05) is 19.9 Å². The van der Waals surface area contributed by atoms with Gasteiger partial charge in [-0.3, -0.25) is 4.90 Å². The quantitative estimate of drug-likeness (QED) is 0.505. The normalized spacial score (nSPS) is 29.3. The predicted molar refractivity (Wildman–Crippen MR) is 99.8 cm³/mol. The third-order valence-corrected chi connectivity index (χ3v) is 6.06. The fourth-order valence-electron chi connectivity index (χ4n) is 4.06. The van der Waals surface area contributed by atoms with Crippen molar-refractivity contribution in [1.29, 1.82) is 0 Å². The number of ether oxygens (including phenoxy) is 2. The molecule has 2 rings (SSSR count). The van der Waals surface area contributed by atoms with Crippen LogP contribution in [0.25, 0.3) is 0 Å². The van der Waals surface area contributed by atoms with Crippen LogP contribution in [0.15, 0.2) is 11.6 Å². The fraction of sp³-hybridized carbons (Fsp3) is 0.800. The molecule has 2 aliphatic heterocycles. The molecule has 2 fully saturated rings. The minimum Gasteiger partial charge on any atom is -0.463 e. The number of nitrogens with zero attached hydrogens (tertiary/aromatic N) is 1. The van der Waals surface area contributed by atoms with Gasteiger partial charge in [-0.05, 0) is 46.1 Å². The van der Waals surface area contributed by atoms with Gasteiger partial charge in [0.1, 0.15) is 6.10 Å². The highest BCUT2D eigenvalue weighted by Gasteiger charge is 2.49. The van der Waals surface area contributed by atoms with Crippen LogP contribution < -0.4 is 0 Å². The summed E-state index contributed by atoms with van der Waals surface area (Å²) >= 11 is 0. The molecule has 0 spiro atoms. The van der Waals surface area contributed by atoms with E-state index in [1.165, 1.54) is 6.92 Å². The van der Waals surface area contributed by atoms with Crippen LogP contribution in [-0.4, -0.2) is 70.6 Å². The van der Waals surface area contributed by atoms with E-state index in [0.29, 0.717) is 5.57 Å². The lowest BCUT2D eigenvalue weighted by molar-refractivity contribution is -0.186. The summed E-state index contributed by atoms with van der Waals surface area (Å²) in [5.41, 5.74) is -1.35. The molecule has 5 atom stereocenters. The van der Waals surface area contributed by atoms with Crippen LogP contribution in [0.4, 0.5) is 0 Å². The summed E-state index contributed by atoms with van der Waals surface area (Å²) in [5, 5.41) is 20.4. The molecule has 2 aliphatic rings. The number of fused-ring (bicyclic) bond motifs is 1. The Morgan fingerprint density at radius 2 is 1.89 bits per heavy atom. The predicted octanol–water partition coefficient (Wildman–Crippen LogP) is 1.27. The molecule has 0 saturated carbocycles. The van der Waals surface area contributed by atoms with E-state index < -0.39 is 23.6 Å². The van der Waals surface area contributed by atoms with Gasteiger partial charge in [-0.15, -0.1) is 0 Å².